The number of nitriles is 1. The van der Waals surface area contributed by atoms with Crippen LogP contribution in [0.5, 0.6) is 0 Å². The molecule has 0 fully saturated rings. The standard InChI is InChI=1S/C13H18N2O2S2/c1-13(2,18-3)10-15-19(16,17)12-6-4-11(5-7-12)8-9-14/h4-7,15H,8,10H2,1-3H3. The molecule has 6 heteroatoms. The molecule has 0 bridgehead atoms. The molecular formula is C13H18N2O2S2. The molecule has 1 aromatic carbocycles. The zero-order chi connectivity index (χ0) is 14.5. The van der Waals surface area contributed by atoms with Gasteiger partial charge in [0.05, 0.1) is 17.4 Å². The van der Waals surface area contributed by atoms with Crippen LogP contribution < -0.4 is 4.72 Å². The minimum atomic E-state index is -3.48. The van der Waals surface area contributed by atoms with E-state index in [2.05, 4.69) is 4.72 Å². The Hall–Kier alpha value is -1.03. The lowest BCUT2D eigenvalue weighted by Crippen LogP contribution is -2.36. The summed E-state index contributed by atoms with van der Waals surface area (Å²) in [6.07, 6.45) is 2.23. The lowest BCUT2D eigenvalue weighted by atomic mass is 10.2. The van der Waals surface area contributed by atoms with Crippen LogP contribution in [0.4, 0.5) is 0 Å². The molecule has 1 N–H and O–H groups in total. The van der Waals surface area contributed by atoms with E-state index in [0.717, 1.165) is 5.56 Å². The monoisotopic (exact) mass is 298 g/mol. The van der Waals surface area contributed by atoms with Gasteiger partial charge in [0.2, 0.25) is 10.0 Å². The topological polar surface area (TPSA) is 70.0 Å². The molecule has 1 rings (SSSR count). The van der Waals surface area contributed by atoms with Gasteiger partial charge < -0.3 is 0 Å². The van der Waals surface area contributed by atoms with Crippen molar-refractivity contribution >= 4 is 21.8 Å². The third-order valence-corrected chi connectivity index (χ3v) is 5.42. The van der Waals surface area contributed by atoms with Crippen LogP contribution in [0.2, 0.25) is 0 Å². The summed E-state index contributed by atoms with van der Waals surface area (Å²) >= 11 is 1.61. The van der Waals surface area contributed by atoms with Crippen LogP contribution in [0.1, 0.15) is 19.4 Å². The normalized spacial score (nSPS) is 12.1. The Morgan fingerprint density at radius 1 is 1.32 bits per heavy atom. The Balaban J connectivity index is 2.81. The summed E-state index contributed by atoms with van der Waals surface area (Å²) in [7, 11) is -3.48. The van der Waals surface area contributed by atoms with Crippen LogP contribution >= 0.6 is 11.8 Å². The molecule has 19 heavy (non-hydrogen) atoms. The lowest BCUT2D eigenvalue weighted by Gasteiger charge is -2.22. The average molecular weight is 298 g/mol. The molecule has 0 aliphatic heterocycles. The highest BCUT2D eigenvalue weighted by atomic mass is 32.2. The third-order valence-electron chi connectivity index (χ3n) is 2.76. The number of hydrogen-bond donors (Lipinski definition) is 1. The van der Waals surface area contributed by atoms with E-state index in [-0.39, 0.29) is 16.1 Å². The number of benzene rings is 1. The van der Waals surface area contributed by atoms with Gasteiger partial charge >= 0.3 is 0 Å². The minimum absolute atomic E-state index is 0.145. The molecule has 4 nitrogen and oxygen atoms in total. The number of hydrogen-bond acceptors (Lipinski definition) is 4. The van der Waals surface area contributed by atoms with Crippen molar-refractivity contribution in [3.05, 3.63) is 29.8 Å². The van der Waals surface area contributed by atoms with E-state index >= 15 is 0 Å². The number of sulfonamides is 1. The van der Waals surface area contributed by atoms with Gasteiger partial charge in [-0.15, -0.1) is 0 Å². The molecule has 0 heterocycles. The Labute approximate surface area is 119 Å². The third kappa shape index (κ3) is 4.86. The summed E-state index contributed by atoms with van der Waals surface area (Å²) in [5.41, 5.74) is 0.811. The molecule has 0 radical (unpaired) electrons. The molecule has 0 saturated heterocycles. The number of nitrogens with one attached hydrogen (secondary N) is 1. The lowest BCUT2D eigenvalue weighted by molar-refractivity contribution is 0.571. The Bertz CT molecular complexity index is 557. The highest BCUT2D eigenvalue weighted by Gasteiger charge is 2.21. The fourth-order valence-electron chi connectivity index (χ4n) is 1.30. The van der Waals surface area contributed by atoms with Crippen LogP contribution in [0, 0.1) is 11.3 Å². The van der Waals surface area contributed by atoms with Crippen LogP contribution in [-0.2, 0) is 16.4 Å². The zero-order valence-corrected chi connectivity index (χ0v) is 12.9. The van der Waals surface area contributed by atoms with Gasteiger partial charge in [0.25, 0.3) is 0 Å². The highest BCUT2D eigenvalue weighted by molar-refractivity contribution is 8.00. The number of rotatable bonds is 6. The molecule has 0 aliphatic carbocycles. The van der Waals surface area contributed by atoms with Gasteiger partial charge in [-0.05, 0) is 37.8 Å². The fraction of sp³-hybridized carbons (Fsp3) is 0.462. The van der Waals surface area contributed by atoms with E-state index in [1.807, 2.05) is 26.2 Å². The van der Waals surface area contributed by atoms with Crippen LogP contribution in [0.15, 0.2) is 29.2 Å². The van der Waals surface area contributed by atoms with Crippen molar-refractivity contribution in [2.24, 2.45) is 0 Å². The van der Waals surface area contributed by atoms with E-state index in [0.29, 0.717) is 6.54 Å². The Kier molecular flexibility index (Phi) is 5.41. The van der Waals surface area contributed by atoms with Gasteiger partial charge in [-0.1, -0.05) is 12.1 Å². The second-order valence-corrected chi connectivity index (χ2v) is 8.05. The first kappa shape index (κ1) is 16.0. The molecule has 0 unspecified atom stereocenters. The maximum atomic E-state index is 12.1. The molecule has 0 atom stereocenters. The maximum absolute atomic E-state index is 12.1. The van der Waals surface area contributed by atoms with E-state index in [9.17, 15) is 8.42 Å². The first-order chi connectivity index (χ1) is 8.80. The van der Waals surface area contributed by atoms with Gasteiger partial charge in [-0.25, -0.2) is 13.1 Å². The summed E-state index contributed by atoms with van der Waals surface area (Å²) in [5, 5.41) is 8.57. The molecule has 1 aromatic rings. The van der Waals surface area contributed by atoms with Crippen molar-refractivity contribution in [2.75, 3.05) is 12.8 Å². The number of nitrogens with zero attached hydrogens (tertiary/aromatic N) is 1. The van der Waals surface area contributed by atoms with Crippen LogP contribution in [-0.4, -0.2) is 26.0 Å². The number of thioether (sulfide) groups is 1. The second-order valence-electron chi connectivity index (χ2n) is 4.77. The van der Waals surface area contributed by atoms with Crippen molar-refractivity contribution in [3.63, 3.8) is 0 Å². The van der Waals surface area contributed by atoms with Gasteiger partial charge in [-0.3, -0.25) is 0 Å². The smallest absolute Gasteiger partial charge is 0.210 e. The summed E-state index contributed by atoms with van der Waals surface area (Å²) in [6, 6.07) is 8.41. The Morgan fingerprint density at radius 3 is 2.37 bits per heavy atom. The summed E-state index contributed by atoms with van der Waals surface area (Å²) in [4.78, 5) is 0.228. The van der Waals surface area contributed by atoms with Crippen molar-refractivity contribution in [1.82, 2.24) is 4.72 Å². The van der Waals surface area contributed by atoms with E-state index in [4.69, 9.17) is 5.26 Å². The van der Waals surface area contributed by atoms with Gasteiger partial charge in [0.1, 0.15) is 0 Å². The quantitative estimate of drug-likeness (QED) is 0.874. The summed E-state index contributed by atoms with van der Waals surface area (Å²) in [5.74, 6) is 0. The molecule has 0 amide bonds. The van der Waals surface area contributed by atoms with Crippen LogP contribution in [0.25, 0.3) is 0 Å². The zero-order valence-electron chi connectivity index (χ0n) is 11.3. The Morgan fingerprint density at radius 2 is 1.89 bits per heavy atom. The summed E-state index contributed by atoms with van der Waals surface area (Å²) < 4.78 is 26.6. The maximum Gasteiger partial charge on any atom is 0.240 e. The van der Waals surface area contributed by atoms with Crippen molar-refractivity contribution in [3.8, 4) is 6.07 Å². The minimum Gasteiger partial charge on any atom is -0.210 e. The molecular weight excluding hydrogens is 280 g/mol. The van der Waals surface area contributed by atoms with E-state index in [1.54, 1.807) is 23.9 Å². The van der Waals surface area contributed by atoms with Gasteiger partial charge in [0.15, 0.2) is 0 Å². The average Bonchev–Trinajstić information content (AvgIpc) is 2.38. The largest absolute Gasteiger partial charge is 0.240 e. The highest BCUT2D eigenvalue weighted by Crippen LogP contribution is 2.20. The molecule has 0 aromatic heterocycles. The second kappa shape index (κ2) is 6.42. The van der Waals surface area contributed by atoms with Gasteiger partial charge in [0, 0.05) is 11.3 Å². The van der Waals surface area contributed by atoms with Gasteiger partial charge in [-0.2, -0.15) is 17.0 Å². The van der Waals surface area contributed by atoms with Crippen LogP contribution in [0.3, 0.4) is 0 Å². The summed E-state index contributed by atoms with van der Waals surface area (Å²) in [6.45, 7) is 4.34. The molecule has 0 spiro atoms. The predicted molar refractivity (Wildman–Crippen MR) is 78.5 cm³/mol. The molecule has 0 saturated carbocycles. The SMILES string of the molecule is CSC(C)(C)CNS(=O)(=O)c1ccc(CC#N)cc1. The van der Waals surface area contributed by atoms with Crippen molar-refractivity contribution in [2.45, 2.75) is 29.9 Å². The first-order valence-corrected chi connectivity index (χ1v) is 8.52. The van der Waals surface area contributed by atoms with Crippen molar-refractivity contribution in [1.29, 1.82) is 5.26 Å². The van der Waals surface area contributed by atoms with Crippen molar-refractivity contribution < 1.29 is 8.42 Å². The van der Waals surface area contributed by atoms with E-state index in [1.165, 1.54) is 12.1 Å². The molecule has 0 aliphatic rings. The first-order valence-electron chi connectivity index (χ1n) is 5.81. The molecule has 104 valence electrons. The predicted octanol–water partition coefficient (Wildman–Crippen LogP) is 2.17. The fourth-order valence-corrected chi connectivity index (χ4v) is 2.82. The van der Waals surface area contributed by atoms with E-state index < -0.39 is 10.0 Å².